The third-order valence-electron chi connectivity index (χ3n) is 11.9. The van der Waals surface area contributed by atoms with Crippen molar-refractivity contribution in [2.24, 2.45) is 9.98 Å². The first-order valence-electron chi connectivity index (χ1n) is 19.5. The van der Waals surface area contributed by atoms with E-state index in [9.17, 15) is 0 Å². The van der Waals surface area contributed by atoms with Crippen LogP contribution >= 0.6 is 0 Å². The normalized spacial score (nSPS) is 14.8. The van der Waals surface area contributed by atoms with E-state index in [1.54, 1.807) is 0 Å². The van der Waals surface area contributed by atoms with Crippen molar-refractivity contribution in [3.8, 4) is 5.69 Å². The molecular formula is C52H35N5. The summed E-state index contributed by atoms with van der Waals surface area (Å²) in [6.45, 7) is 0. The molecule has 1 atom stereocenters. The molecule has 11 aromatic rings. The molecule has 1 aliphatic rings. The second kappa shape index (κ2) is 12.3. The highest BCUT2D eigenvalue weighted by Gasteiger charge is 2.31. The quantitative estimate of drug-likeness (QED) is 0.178. The van der Waals surface area contributed by atoms with Crippen LogP contribution in [0.4, 0.5) is 0 Å². The van der Waals surface area contributed by atoms with Gasteiger partial charge in [0.2, 0.25) is 5.96 Å². The number of nitrogens with zero attached hydrogens (tertiary/aromatic N) is 5. The van der Waals surface area contributed by atoms with E-state index in [0.717, 1.165) is 44.7 Å². The predicted octanol–water partition coefficient (Wildman–Crippen LogP) is 12.6. The minimum absolute atomic E-state index is 0.321. The summed E-state index contributed by atoms with van der Waals surface area (Å²) < 4.78 is 4.82. The van der Waals surface area contributed by atoms with Gasteiger partial charge in [0, 0.05) is 39.8 Å². The van der Waals surface area contributed by atoms with E-state index in [1.807, 2.05) is 0 Å². The highest BCUT2D eigenvalue weighted by atomic mass is 15.4. The monoisotopic (exact) mass is 729 g/mol. The summed E-state index contributed by atoms with van der Waals surface area (Å²) in [4.78, 5) is 13.3. The zero-order chi connectivity index (χ0) is 37.6. The Kier molecular flexibility index (Phi) is 6.84. The highest BCUT2D eigenvalue weighted by molar-refractivity contribution is 6.28. The van der Waals surface area contributed by atoms with Gasteiger partial charge >= 0.3 is 0 Å². The Morgan fingerprint density at radius 1 is 0.439 bits per heavy atom. The molecule has 2 aromatic heterocycles. The lowest BCUT2D eigenvalue weighted by atomic mass is 10.0. The lowest BCUT2D eigenvalue weighted by molar-refractivity contribution is 0.373. The molecule has 57 heavy (non-hydrogen) atoms. The SMILES string of the molecule is CN1C(n2c3ccccc3c3ccc4c(c5ccccc5n4-c4ccc5ccccc5c4)c32)=NC(c2ccc3ccccc3c2)=NC1c1ccc2ccccc2c1. The summed E-state index contributed by atoms with van der Waals surface area (Å²) in [6, 6.07) is 67.8. The smallest absolute Gasteiger partial charge is 0.214 e. The van der Waals surface area contributed by atoms with Gasteiger partial charge in [-0.1, -0.05) is 146 Å². The van der Waals surface area contributed by atoms with Crippen LogP contribution in [-0.2, 0) is 0 Å². The highest BCUT2D eigenvalue weighted by Crippen LogP contribution is 2.42. The van der Waals surface area contributed by atoms with Gasteiger partial charge in [-0.15, -0.1) is 0 Å². The van der Waals surface area contributed by atoms with E-state index < -0.39 is 0 Å². The Hall–Kier alpha value is -7.50. The van der Waals surface area contributed by atoms with Crippen LogP contribution in [-0.4, -0.2) is 32.9 Å². The molecular weight excluding hydrogens is 695 g/mol. The Labute approximate surface area is 328 Å². The molecule has 5 nitrogen and oxygen atoms in total. The van der Waals surface area contributed by atoms with Crippen LogP contribution in [0, 0.1) is 0 Å². The van der Waals surface area contributed by atoms with Crippen molar-refractivity contribution in [3.05, 3.63) is 199 Å². The van der Waals surface area contributed by atoms with Gasteiger partial charge in [0.1, 0.15) is 0 Å². The van der Waals surface area contributed by atoms with Gasteiger partial charge in [-0.25, -0.2) is 4.99 Å². The van der Waals surface area contributed by atoms with Crippen molar-refractivity contribution in [2.45, 2.75) is 6.17 Å². The third-order valence-corrected chi connectivity index (χ3v) is 11.9. The number of aliphatic imine (C=N–C) groups is 2. The lowest BCUT2D eigenvalue weighted by Gasteiger charge is -2.33. The van der Waals surface area contributed by atoms with Crippen LogP contribution < -0.4 is 0 Å². The maximum atomic E-state index is 5.56. The molecule has 1 aliphatic heterocycles. The number of para-hydroxylation sites is 2. The third kappa shape index (κ3) is 4.82. The van der Waals surface area contributed by atoms with Crippen molar-refractivity contribution in [1.29, 1.82) is 0 Å². The first-order valence-corrected chi connectivity index (χ1v) is 19.5. The number of amidine groups is 1. The zero-order valence-electron chi connectivity index (χ0n) is 31.2. The fraction of sp³-hybridized carbons (Fsp3) is 0.0385. The summed E-state index contributed by atoms with van der Waals surface area (Å²) >= 11 is 0. The number of hydrogen-bond donors (Lipinski definition) is 0. The van der Waals surface area contributed by atoms with Crippen LogP contribution in [0.2, 0.25) is 0 Å². The maximum Gasteiger partial charge on any atom is 0.214 e. The summed E-state index contributed by atoms with van der Waals surface area (Å²) in [5, 5.41) is 12.0. The molecule has 0 radical (unpaired) electrons. The van der Waals surface area contributed by atoms with Gasteiger partial charge in [-0.2, -0.15) is 4.99 Å². The molecule has 0 saturated heterocycles. The summed E-state index contributed by atoms with van der Waals surface area (Å²) in [6.07, 6.45) is -0.321. The van der Waals surface area contributed by atoms with Gasteiger partial charge in [0.15, 0.2) is 12.0 Å². The number of rotatable bonds is 3. The number of fused-ring (bicyclic) bond motifs is 10. The van der Waals surface area contributed by atoms with E-state index >= 15 is 0 Å². The van der Waals surface area contributed by atoms with Gasteiger partial charge in [0.25, 0.3) is 0 Å². The fourth-order valence-electron chi connectivity index (χ4n) is 9.17. The second-order valence-corrected chi connectivity index (χ2v) is 15.1. The Morgan fingerprint density at radius 2 is 1.02 bits per heavy atom. The molecule has 0 saturated carbocycles. The number of benzene rings is 9. The summed E-state index contributed by atoms with van der Waals surface area (Å²) in [5.74, 6) is 1.54. The number of hydrogen-bond acceptors (Lipinski definition) is 3. The molecule has 9 aromatic carbocycles. The van der Waals surface area contributed by atoms with Gasteiger partial charge in [-0.3, -0.25) is 4.57 Å². The Balaban J connectivity index is 1.16. The molecule has 268 valence electrons. The number of aromatic nitrogens is 2. The largest absolute Gasteiger partial charge is 0.319 e. The van der Waals surface area contributed by atoms with Crippen LogP contribution in [0.1, 0.15) is 17.3 Å². The van der Waals surface area contributed by atoms with Crippen LogP contribution in [0.25, 0.3) is 81.6 Å². The summed E-state index contributed by atoms with van der Waals surface area (Å²) in [7, 11) is 2.14. The van der Waals surface area contributed by atoms with E-state index in [-0.39, 0.29) is 6.17 Å². The molecule has 0 spiro atoms. The minimum Gasteiger partial charge on any atom is -0.319 e. The van der Waals surface area contributed by atoms with Crippen molar-refractivity contribution in [3.63, 3.8) is 0 Å². The van der Waals surface area contributed by atoms with Crippen molar-refractivity contribution < 1.29 is 0 Å². The van der Waals surface area contributed by atoms with Crippen LogP contribution in [0.3, 0.4) is 0 Å². The topological polar surface area (TPSA) is 37.8 Å². The first-order chi connectivity index (χ1) is 28.2. The van der Waals surface area contributed by atoms with Gasteiger partial charge in [0.05, 0.1) is 22.1 Å². The molecule has 0 fully saturated rings. The second-order valence-electron chi connectivity index (χ2n) is 15.1. The average molecular weight is 730 g/mol. The molecule has 5 heteroatoms. The Bertz CT molecular complexity index is 3510. The molecule has 0 amide bonds. The lowest BCUT2D eigenvalue weighted by Crippen LogP contribution is -2.39. The van der Waals surface area contributed by atoms with Crippen LogP contribution in [0.15, 0.2) is 198 Å². The molecule has 3 heterocycles. The fourth-order valence-corrected chi connectivity index (χ4v) is 9.17. The molecule has 1 unspecified atom stereocenters. The Morgan fingerprint density at radius 3 is 1.75 bits per heavy atom. The van der Waals surface area contributed by atoms with E-state index in [0.29, 0.717) is 5.84 Å². The molecule has 12 rings (SSSR count). The molecule has 0 bridgehead atoms. The predicted molar refractivity (Wildman–Crippen MR) is 239 cm³/mol. The van der Waals surface area contributed by atoms with Crippen molar-refractivity contribution in [2.75, 3.05) is 7.05 Å². The van der Waals surface area contributed by atoms with E-state index in [2.05, 4.69) is 209 Å². The minimum atomic E-state index is -0.321. The average Bonchev–Trinajstić information content (AvgIpc) is 3.79. The van der Waals surface area contributed by atoms with Gasteiger partial charge in [-0.05, 0) is 80.3 Å². The van der Waals surface area contributed by atoms with Crippen molar-refractivity contribution in [1.82, 2.24) is 14.0 Å². The van der Waals surface area contributed by atoms with E-state index in [4.69, 9.17) is 9.98 Å². The standard InChI is InChI=1S/C52H35N5/c1-55-51(40-25-23-34-13-3-6-16-37(34)31-40)53-50(39-24-22-33-12-2-5-15-36(33)30-39)54-52(55)57-45-20-10-8-18-42(45)43-28-29-47-48(49(43)57)44-19-9-11-21-46(44)56(47)41-27-26-35-14-4-7-17-38(35)32-41/h2-32,51H,1H3. The first kappa shape index (κ1) is 31.8. The molecule has 0 aliphatic carbocycles. The molecule has 0 N–H and O–H groups in total. The summed E-state index contributed by atoms with van der Waals surface area (Å²) in [5.41, 5.74) is 7.79. The van der Waals surface area contributed by atoms with Crippen molar-refractivity contribution >= 4 is 87.7 Å². The van der Waals surface area contributed by atoms with Crippen LogP contribution in [0.5, 0.6) is 0 Å². The zero-order valence-corrected chi connectivity index (χ0v) is 31.2. The van der Waals surface area contributed by atoms with Gasteiger partial charge < -0.3 is 9.47 Å². The maximum absolute atomic E-state index is 5.56. The van der Waals surface area contributed by atoms with E-state index in [1.165, 1.54) is 54.0 Å².